The molecular weight excluding hydrogens is 641 g/mol. The molecule has 238 valence electrons. The van der Waals surface area contributed by atoms with Crippen molar-refractivity contribution >= 4 is 62.5 Å². The Morgan fingerprint density at radius 1 is 0.977 bits per heavy atom. The van der Waals surface area contributed by atoms with Crippen LogP contribution < -0.4 is 14.4 Å². The zero-order valence-electron chi connectivity index (χ0n) is 25.4. The number of thioether (sulfide) groups is 1. The van der Waals surface area contributed by atoms with Crippen LogP contribution in [0.5, 0.6) is 5.75 Å². The number of halogens is 2. The van der Waals surface area contributed by atoms with Gasteiger partial charge in [-0.2, -0.15) is 0 Å². The second-order valence-electron chi connectivity index (χ2n) is 9.94. The highest BCUT2D eigenvalue weighted by atomic mass is 35.5. The van der Waals surface area contributed by atoms with Crippen molar-refractivity contribution < 1.29 is 22.7 Å². The Balaban J connectivity index is 2.07. The van der Waals surface area contributed by atoms with Gasteiger partial charge in [0.2, 0.25) is 11.8 Å². The molecule has 0 bridgehead atoms. The molecule has 0 aliphatic heterocycles. The average molecular weight is 681 g/mol. The van der Waals surface area contributed by atoms with Gasteiger partial charge in [0, 0.05) is 28.0 Å². The summed E-state index contributed by atoms with van der Waals surface area (Å²) in [5, 5.41) is 3.68. The molecule has 3 aromatic carbocycles. The van der Waals surface area contributed by atoms with Crippen LogP contribution in [-0.2, 0) is 26.2 Å². The average Bonchev–Trinajstić information content (AvgIpc) is 3.01. The number of sulfonamides is 1. The summed E-state index contributed by atoms with van der Waals surface area (Å²) in [4.78, 5) is 29.9. The van der Waals surface area contributed by atoms with Gasteiger partial charge in [-0.25, -0.2) is 8.42 Å². The molecule has 0 aliphatic rings. The number of anilines is 1. The van der Waals surface area contributed by atoms with Crippen LogP contribution in [0.4, 0.5) is 5.69 Å². The first-order chi connectivity index (χ1) is 21.0. The standard InChI is InChI=1S/C32H39Cl2N3O5S2/c1-5-8-19-35-32(39)30(6-2)36(21-23-9-10-24(33)20-29(23)34)31(38)22-37(25-11-13-26(14-12-25)42-7-3)44(40,41)28-17-15-27(43-4)16-18-28/h9-18,20,30H,5-8,19,21-22H2,1-4H3,(H,35,39)/t30-/m1/s1. The number of hydrogen-bond acceptors (Lipinski definition) is 6. The third kappa shape index (κ3) is 9.30. The molecule has 0 fully saturated rings. The van der Waals surface area contributed by atoms with Crippen molar-refractivity contribution in [2.24, 2.45) is 0 Å². The van der Waals surface area contributed by atoms with Crippen molar-refractivity contribution in [3.63, 3.8) is 0 Å². The predicted molar refractivity (Wildman–Crippen MR) is 179 cm³/mol. The van der Waals surface area contributed by atoms with E-state index in [4.69, 9.17) is 27.9 Å². The van der Waals surface area contributed by atoms with Gasteiger partial charge in [0.1, 0.15) is 18.3 Å². The quantitative estimate of drug-likeness (QED) is 0.129. The van der Waals surface area contributed by atoms with Gasteiger partial charge in [-0.05, 0) is 92.2 Å². The topological polar surface area (TPSA) is 96.0 Å². The number of ether oxygens (including phenoxy) is 1. The van der Waals surface area contributed by atoms with Crippen molar-refractivity contribution in [1.82, 2.24) is 10.2 Å². The zero-order chi connectivity index (χ0) is 32.3. The monoisotopic (exact) mass is 679 g/mol. The van der Waals surface area contributed by atoms with Crippen LogP contribution in [-0.4, -0.2) is 57.1 Å². The number of amides is 2. The molecule has 12 heteroatoms. The summed E-state index contributed by atoms with van der Waals surface area (Å²) >= 11 is 14.1. The van der Waals surface area contributed by atoms with E-state index in [1.807, 2.05) is 27.0 Å². The Morgan fingerprint density at radius 2 is 1.66 bits per heavy atom. The molecule has 44 heavy (non-hydrogen) atoms. The molecule has 1 atom stereocenters. The van der Waals surface area contributed by atoms with Gasteiger partial charge < -0.3 is 15.0 Å². The summed E-state index contributed by atoms with van der Waals surface area (Å²) in [6.45, 7) is 6.02. The molecule has 0 saturated carbocycles. The summed E-state index contributed by atoms with van der Waals surface area (Å²) in [6, 6.07) is 17.1. The lowest BCUT2D eigenvalue weighted by molar-refractivity contribution is -0.140. The number of carbonyl (C=O) groups excluding carboxylic acids is 2. The number of nitrogens with zero attached hydrogens (tertiary/aromatic N) is 2. The van der Waals surface area contributed by atoms with Crippen molar-refractivity contribution in [1.29, 1.82) is 0 Å². The molecular formula is C32H39Cl2N3O5S2. The third-order valence-corrected chi connectivity index (χ3v) is 10.1. The highest BCUT2D eigenvalue weighted by molar-refractivity contribution is 7.98. The first-order valence-electron chi connectivity index (χ1n) is 14.5. The Morgan fingerprint density at radius 3 is 2.23 bits per heavy atom. The molecule has 0 heterocycles. The molecule has 0 aromatic heterocycles. The van der Waals surface area contributed by atoms with Crippen LogP contribution in [0.2, 0.25) is 10.0 Å². The van der Waals surface area contributed by atoms with Crippen molar-refractivity contribution in [2.75, 3.05) is 30.3 Å². The van der Waals surface area contributed by atoms with Crippen LogP contribution in [0.15, 0.2) is 76.5 Å². The smallest absolute Gasteiger partial charge is 0.264 e. The molecule has 8 nitrogen and oxygen atoms in total. The van der Waals surface area contributed by atoms with E-state index in [1.165, 1.54) is 28.8 Å². The fourth-order valence-electron chi connectivity index (χ4n) is 4.54. The molecule has 0 aliphatic carbocycles. The number of hydrogen-bond donors (Lipinski definition) is 1. The van der Waals surface area contributed by atoms with Gasteiger partial charge in [-0.1, -0.05) is 49.5 Å². The fraction of sp³-hybridized carbons (Fsp3) is 0.375. The van der Waals surface area contributed by atoms with Crippen LogP contribution in [0.25, 0.3) is 0 Å². The fourth-order valence-corrected chi connectivity index (χ4v) is 6.83. The molecule has 3 aromatic rings. The number of nitrogens with one attached hydrogen (secondary N) is 1. The predicted octanol–water partition coefficient (Wildman–Crippen LogP) is 7.03. The lowest BCUT2D eigenvalue weighted by Crippen LogP contribution is -2.52. The van der Waals surface area contributed by atoms with E-state index in [0.29, 0.717) is 40.9 Å². The van der Waals surface area contributed by atoms with Gasteiger partial charge in [0.05, 0.1) is 17.2 Å². The number of benzene rings is 3. The SMILES string of the molecule is CCCCNC(=O)[C@@H](CC)N(Cc1ccc(Cl)cc1Cl)C(=O)CN(c1ccc(OCC)cc1)S(=O)(=O)c1ccc(SC)cc1. The van der Waals surface area contributed by atoms with Crippen LogP contribution in [0.1, 0.15) is 45.6 Å². The van der Waals surface area contributed by atoms with E-state index < -0.39 is 28.5 Å². The Kier molecular flexibility index (Phi) is 13.7. The first-order valence-corrected chi connectivity index (χ1v) is 17.9. The van der Waals surface area contributed by atoms with E-state index in [9.17, 15) is 18.0 Å². The zero-order valence-corrected chi connectivity index (χ0v) is 28.5. The summed E-state index contributed by atoms with van der Waals surface area (Å²) in [7, 11) is -4.20. The Hall–Kier alpha value is -2.92. The number of carbonyl (C=O) groups is 2. The van der Waals surface area contributed by atoms with Crippen molar-refractivity contribution in [3.05, 3.63) is 82.3 Å². The van der Waals surface area contributed by atoms with Gasteiger partial charge in [-0.3, -0.25) is 13.9 Å². The molecule has 2 amide bonds. The van der Waals surface area contributed by atoms with E-state index in [0.717, 1.165) is 22.0 Å². The second kappa shape index (κ2) is 17.0. The lowest BCUT2D eigenvalue weighted by atomic mass is 10.1. The number of rotatable bonds is 16. The maximum absolute atomic E-state index is 14.2. The lowest BCUT2D eigenvalue weighted by Gasteiger charge is -2.33. The molecule has 0 radical (unpaired) electrons. The van der Waals surface area contributed by atoms with E-state index in [-0.39, 0.29) is 23.0 Å². The minimum Gasteiger partial charge on any atom is -0.494 e. The molecule has 0 unspecified atom stereocenters. The summed E-state index contributed by atoms with van der Waals surface area (Å²) in [6.07, 6.45) is 3.89. The van der Waals surface area contributed by atoms with Gasteiger partial charge >= 0.3 is 0 Å². The van der Waals surface area contributed by atoms with Gasteiger partial charge in [-0.15, -0.1) is 11.8 Å². The molecule has 3 rings (SSSR count). The second-order valence-corrected chi connectivity index (χ2v) is 13.5. The minimum atomic E-state index is -4.20. The highest BCUT2D eigenvalue weighted by Crippen LogP contribution is 2.29. The van der Waals surface area contributed by atoms with E-state index in [1.54, 1.807) is 54.6 Å². The van der Waals surface area contributed by atoms with Gasteiger partial charge in [0.15, 0.2) is 0 Å². The van der Waals surface area contributed by atoms with E-state index in [2.05, 4.69) is 5.32 Å². The summed E-state index contributed by atoms with van der Waals surface area (Å²) in [5.74, 6) is -0.313. The van der Waals surface area contributed by atoms with Crippen LogP contribution >= 0.6 is 35.0 Å². The van der Waals surface area contributed by atoms with Crippen molar-refractivity contribution in [2.45, 2.75) is 62.4 Å². The Bertz CT molecular complexity index is 1500. The molecule has 0 saturated heterocycles. The molecule has 0 spiro atoms. The normalized spacial score (nSPS) is 12.0. The maximum Gasteiger partial charge on any atom is 0.264 e. The van der Waals surface area contributed by atoms with E-state index >= 15 is 0 Å². The number of unbranched alkanes of at least 4 members (excludes halogenated alkanes) is 1. The Labute approximate surface area is 275 Å². The first kappa shape index (κ1) is 35.6. The minimum absolute atomic E-state index is 0.0197. The van der Waals surface area contributed by atoms with Crippen LogP contribution in [0, 0.1) is 0 Å². The maximum atomic E-state index is 14.2. The highest BCUT2D eigenvalue weighted by Gasteiger charge is 2.34. The summed E-state index contributed by atoms with van der Waals surface area (Å²) < 4.78 is 34.8. The largest absolute Gasteiger partial charge is 0.494 e. The molecule has 1 N–H and O–H groups in total. The van der Waals surface area contributed by atoms with Gasteiger partial charge in [0.25, 0.3) is 10.0 Å². The summed E-state index contributed by atoms with van der Waals surface area (Å²) in [5.41, 5.74) is 0.855. The van der Waals surface area contributed by atoms with Crippen LogP contribution in [0.3, 0.4) is 0 Å². The third-order valence-electron chi connectivity index (χ3n) is 6.93. The van der Waals surface area contributed by atoms with Crippen molar-refractivity contribution in [3.8, 4) is 5.75 Å².